The van der Waals surface area contributed by atoms with Gasteiger partial charge in [0.05, 0.1) is 12.4 Å². The Bertz CT molecular complexity index is 494. The van der Waals surface area contributed by atoms with Crippen LogP contribution < -0.4 is 10.5 Å². The van der Waals surface area contributed by atoms with E-state index in [0.29, 0.717) is 18.3 Å². The van der Waals surface area contributed by atoms with Crippen molar-refractivity contribution in [2.45, 2.75) is 13.5 Å². The van der Waals surface area contributed by atoms with Crippen LogP contribution in [0.15, 0.2) is 18.6 Å². The number of hydrogen-bond donors (Lipinski definition) is 1. The van der Waals surface area contributed by atoms with Crippen molar-refractivity contribution in [3.05, 3.63) is 29.8 Å². The minimum atomic E-state index is 0.308. The quantitative estimate of drug-likeness (QED) is 0.824. The summed E-state index contributed by atoms with van der Waals surface area (Å²) in [6.07, 6.45) is 5.03. The first-order valence-corrected chi connectivity index (χ1v) is 4.88. The van der Waals surface area contributed by atoms with Crippen molar-refractivity contribution < 1.29 is 4.74 Å². The predicted molar refractivity (Wildman–Crippen MR) is 57.9 cm³/mol. The van der Waals surface area contributed by atoms with Crippen LogP contribution in [-0.4, -0.2) is 19.7 Å². The smallest absolute Gasteiger partial charge is 0.322 e. The maximum absolute atomic E-state index is 5.52. The molecule has 2 N–H and O–H groups in total. The van der Waals surface area contributed by atoms with Gasteiger partial charge < -0.3 is 10.5 Å². The molecule has 0 spiro atoms. The van der Waals surface area contributed by atoms with Crippen LogP contribution in [0.1, 0.15) is 11.3 Å². The Hall–Kier alpha value is -1.95. The first kappa shape index (κ1) is 10.6. The van der Waals surface area contributed by atoms with Gasteiger partial charge in [0, 0.05) is 31.0 Å². The van der Waals surface area contributed by atoms with Gasteiger partial charge in [0.25, 0.3) is 0 Å². The van der Waals surface area contributed by atoms with E-state index in [1.807, 2.05) is 14.0 Å². The van der Waals surface area contributed by atoms with Gasteiger partial charge in [-0.15, -0.1) is 0 Å². The highest BCUT2D eigenvalue weighted by Crippen LogP contribution is 2.16. The molecule has 0 bridgehead atoms. The van der Waals surface area contributed by atoms with E-state index in [9.17, 15) is 0 Å². The molecule has 0 fully saturated rings. The molecule has 6 nitrogen and oxygen atoms in total. The monoisotopic (exact) mass is 219 g/mol. The van der Waals surface area contributed by atoms with Crippen molar-refractivity contribution in [1.82, 2.24) is 19.7 Å². The molecule has 6 heteroatoms. The molecule has 0 radical (unpaired) electrons. The Morgan fingerprint density at radius 3 is 2.81 bits per heavy atom. The maximum atomic E-state index is 5.52. The molecule has 0 unspecified atom stereocenters. The summed E-state index contributed by atoms with van der Waals surface area (Å²) in [6, 6.07) is 0.308. The lowest BCUT2D eigenvalue weighted by atomic mass is 10.2. The van der Waals surface area contributed by atoms with Crippen LogP contribution in [-0.2, 0) is 13.6 Å². The lowest BCUT2D eigenvalue weighted by molar-refractivity contribution is 0.439. The SMILES string of the molecule is Cc1nc(Oc2cnn(C)c2)ncc1CN. The van der Waals surface area contributed by atoms with Crippen LogP contribution in [0, 0.1) is 6.92 Å². The number of hydrogen-bond acceptors (Lipinski definition) is 5. The minimum Gasteiger partial charge on any atom is -0.421 e. The third kappa shape index (κ3) is 2.17. The predicted octanol–water partition coefficient (Wildman–Crippen LogP) is 0.770. The van der Waals surface area contributed by atoms with Gasteiger partial charge in [-0.1, -0.05) is 0 Å². The third-order valence-corrected chi connectivity index (χ3v) is 2.17. The van der Waals surface area contributed by atoms with Crippen LogP contribution in [0.25, 0.3) is 0 Å². The summed E-state index contributed by atoms with van der Waals surface area (Å²) < 4.78 is 7.08. The van der Waals surface area contributed by atoms with Gasteiger partial charge in [0.15, 0.2) is 5.75 Å². The number of nitrogens with two attached hydrogens (primary N) is 1. The highest BCUT2D eigenvalue weighted by Gasteiger charge is 2.05. The molecule has 0 atom stereocenters. The highest BCUT2D eigenvalue weighted by atomic mass is 16.5. The summed E-state index contributed by atoms with van der Waals surface area (Å²) in [4.78, 5) is 8.26. The van der Waals surface area contributed by atoms with Crippen molar-refractivity contribution in [1.29, 1.82) is 0 Å². The normalized spacial score (nSPS) is 10.4. The standard InChI is InChI=1S/C10H13N5O/c1-7-8(3-11)4-12-10(14-7)16-9-5-13-15(2)6-9/h4-6H,3,11H2,1-2H3. The summed E-state index contributed by atoms with van der Waals surface area (Å²) in [5.74, 6) is 0.613. The third-order valence-electron chi connectivity index (χ3n) is 2.17. The first-order chi connectivity index (χ1) is 7.69. The summed E-state index contributed by atoms with van der Waals surface area (Å²) in [6.45, 7) is 2.30. The first-order valence-electron chi connectivity index (χ1n) is 4.88. The van der Waals surface area contributed by atoms with Crippen LogP contribution in [0.5, 0.6) is 11.8 Å². The number of nitrogens with zero attached hydrogens (tertiary/aromatic N) is 4. The summed E-state index contributed by atoms with van der Waals surface area (Å²) in [5.41, 5.74) is 7.27. The lowest BCUT2D eigenvalue weighted by Gasteiger charge is -2.04. The van der Waals surface area contributed by atoms with Gasteiger partial charge in [-0.05, 0) is 6.92 Å². The Morgan fingerprint density at radius 2 is 2.25 bits per heavy atom. The van der Waals surface area contributed by atoms with Crippen molar-refractivity contribution in [2.24, 2.45) is 12.8 Å². The molecule has 0 aliphatic rings. The van der Waals surface area contributed by atoms with Gasteiger partial charge in [0.1, 0.15) is 0 Å². The summed E-state index contributed by atoms with van der Waals surface area (Å²) >= 11 is 0. The van der Waals surface area contributed by atoms with E-state index in [1.54, 1.807) is 23.3 Å². The molecule has 0 aliphatic heterocycles. The van der Waals surface area contributed by atoms with E-state index >= 15 is 0 Å². The number of ether oxygens (including phenoxy) is 1. The molecule has 2 aromatic rings. The highest BCUT2D eigenvalue weighted by molar-refractivity contribution is 5.21. The Morgan fingerprint density at radius 1 is 1.44 bits per heavy atom. The topological polar surface area (TPSA) is 78.9 Å². The largest absolute Gasteiger partial charge is 0.421 e. The second-order valence-electron chi connectivity index (χ2n) is 3.42. The molecular weight excluding hydrogens is 206 g/mol. The van der Waals surface area contributed by atoms with E-state index in [1.165, 1.54) is 0 Å². The van der Waals surface area contributed by atoms with Gasteiger partial charge in [-0.25, -0.2) is 4.98 Å². The maximum Gasteiger partial charge on any atom is 0.322 e. The van der Waals surface area contributed by atoms with Crippen LogP contribution in [0.4, 0.5) is 0 Å². The molecule has 0 amide bonds. The number of aromatic nitrogens is 4. The molecule has 2 rings (SSSR count). The van der Waals surface area contributed by atoms with Gasteiger partial charge in [-0.3, -0.25) is 4.68 Å². The minimum absolute atomic E-state index is 0.308. The molecule has 0 saturated carbocycles. The van der Waals surface area contributed by atoms with Crippen LogP contribution in [0.3, 0.4) is 0 Å². The summed E-state index contributed by atoms with van der Waals surface area (Å²) in [5, 5.41) is 3.99. The Balaban J connectivity index is 2.19. The second kappa shape index (κ2) is 4.28. The van der Waals surface area contributed by atoms with E-state index < -0.39 is 0 Å². The second-order valence-corrected chi connectivity index (χ2v) is 3.42. The molecule has 16 heavy (non-hydrogen) atoms. The van der Waals surface area contributed by atoms with E-state index in [-0.39, 0.29) is 0 Å². The van der Waals surface area contributed by atoms with Crippen LogP contribution in [0.2, 0.25) is 0 Å². The van der Waals surface area contributed by atoms with Crippen molar-refractivity contribution in [3.8, 4) is 11.8 Å². The molecule has 2 heterocycles. The Kier molecular flexibility index (Phi) is 2.82. The number of aryl methyl sites for hydroxylation is 2. The number of rotatable bonds is 3. The van der Waals surface area contributed by atoms with E-state index in [4.69, 9.17) is 10.5 Å². The zero-order chi connectivity index (χ0) is 11.5. The van der Waals surface area contributed by atoms with Gasteiger partial charge in [-0.2, -0.15) is 10.1 Å². The average Bonchev–Trinajstić information content (AvgIpc) is 2.64. The zero-order valence-electron chi connectivity index (χ0n) is 9.21. The fraction of sp³-hybridized carbons (Fsp3) is 0.300. The molecule has 0 saturated heterocycles. The Labute approximate surface area is 93.1 Å². The van der Waals surface area contributed by atoms with Gasteiger partial charge in [0.2, 0.25) is 0 Å². The van der Waals surface area contributed by atoms with Crippen molar-refractivity contribution in [2.75, 3.05) is 0 Å². The van der Waals surface area contributed by atoms with Gasteiger partial charge >= 0.3 is 6.01 Å². The molecule has 0 aliphatic carbocycles. The molecule has 0 aromatic carbocycles. The lowest BCUT2D eigenvalue weighted by Crippen LogP contribution is -2.03. The summed E-state index contributed by atoms with van der Waals surface area (Å²) in [7, 11) is 1.82. The average molecular weight is 219 g/mol. The van der Waals surface area contributed by atoms with Crippen LogP contribution >= 0.6 is 0 Å². The molecule has 84 valence electrons. The van der Waals surface area contributed by atoms with Crippen molar-refractivity contribution in [3.63, 3.8) is 0 Å². The fourth-order valence-electron chi connectivity index (χ4n) is 1.28. The molecule has 2 aromatic heterocycles. The van der Waals surface area contributed by atoms with Crippen molar-refractivity contribution >= 4 is 0 Å². The zero-order valence-corrected chi connectivity index (χ0v) is 9.21. The molecular formula is C10H13N5O. The van der Waals surface area contributed by atoms with E-state index in [2.05, 4.69) is 15.1 Å². The fourth-order valence-corrected chi connectivity index (χ4v) is 1.28. The van der Waals surface area contributed by atoms with E-state index in [0.717, 1.165) is 11.3 Å².